The number of ether oxygens (including phenoxy) is 1. The summed E-state index contributed by atoms with van der Waals surface area (Å²) in [7, 11) is 3.26. The Morgan fingerprint density at radius 1 is 1.14 bits per heavy atom. The van der Waals surface area contributed by atoms with Gasteiger partial charge in [-0.1, -0.05) is 0 Å². The Kier molecular flexibility index (Phi) is 6.95. The van der Waals surface area contributed by atoms with E-state index in [2.05, 4.69) is 4.90 Å². The summed E-state index contributed by atoms with van der Waals surface area (Å²) in [5.74, 6) is -0.179. The van der Waals surface area contributed by atoms with Crippen LogP contribution in [-0.2, 0) is 0 Å². The minimum atomic E-state index is -0.836. The highest BCUT2D eigenvalue weighted by atomic mass is 19.1. The molecule has 0 unspecified atom stereocenters. The molecular formula is C21H30FN3O4. The maximum atomic E-state index is 14.3. The molecule has 29 heavy (non-hydrogen) atoms. The van der Waals surface area contributed by atoms with Crippen molar-refractivity contribution in [1.82, 2.24) is 14.7 Å². The number of carbonyl (C=O) groups is 2. The minimum Gasteiger partial charge on any atom is -0.490 e. The average Bonchev–Trinajstić information content (AvgIpc) is 2.72. The molecule has 1 N–H and O–H groups in total. The lowest BCUT2D eigenvalue weighted by atomic mass is 9.85. The molecule has 1 saturated carbocycles. The quantitative estimate of drug-likeness (QED) is 0.813. The van der Waals surface area contributed by atoms with Crippen LogP contribution in [0.4, 0.5) is 9.18 Å². The molecule has 1 aliphatic carbocycles. The molecule has 0 spiro atoms. The van der Waals surface area contributed by atoms with E-state index in [4.69, 9.17) is 9.84 Å². The number of nitrogens with zero attached hydrogens (tertiary/aromatic N) is 3. The van der Waals surface area contributed by atoms with Gasteiger partial charge in [0.15, 0.2) is 11.6 Å². The summed E-state index contributed by atoms with van der Waals surface area (Å²) in [6.07, 6.45) is 3.31. The second-order valence-electron chi connectivity index (χ2n) is 8.14. The standard InChI is InChI=1S/C21H30FN3O4/c1-23(2)20(26)16-5-8-19(18(22)13-16)29-14-15-3-6-17(7-4-15)24-9-11-25(12-10-24)21(27)28/h5,8,13,15,17H,3-4,6-7,9-12,14H2,1-2H3,(H,27,28)/t15-,17-. The van der Waals surface area contributed by atoms with E-state index in [0.717, 1.165) is 38.8 Å². The number of benzene rings is 1. The first-order valence-corrected chi connectivity index (χ1v) is 10.2. The molecule has 7 nitrogen and oxygen atoms in total. The lowest BCUT2D eigenvalue weighted by molar-refractivity contribution is 0.0616. The molecule has 1 aromatic carbocycles. The van der Waals surface area contributed by atoms with E-state index in [-0.39, 0.29) is 11.7 Å². The normalized spacial score (nSPS) is 22.9. The molecule has 2 aliphatic rings. The summed E-state index contributed by atoms with van der Waals surface area (Å²) in [5, 5.41) is 9.06. The first-order valence-electron chi connectivity index (χ1n) is 10.2. The van der Waals surface area contributed by atoms with Crippen LogP contribution in [0.2, 0.25) is 0 Å². The van der Waals surface area contributed by atoms with Gasteiger partial charge in [0.2, 0.25) is 0 Å². The Balaban J connectivity index is 1.43. The van der Waals surface area contributed by atoms with Crippen LogP contribution >= 0.6 is 0 Å². The topological polar surface area (TPSA) is 73.3 Å². The number of carbonyl (C=O) groups excluding carboxylic acids is 1. The largest absolute Gasteiger partial charge is 0.490 e. The van der Waals surface area contributed by atoms with Gasteiger partial charge in [-0.05, 0) is 49.8 Å². The first kappa shape index (κ1) is 21.4. The van der Waals surface area contributed by atoms with Crippen molar-refractivity contribution in [2.75, 3.05) is 46.9 Å². The van der Waals surface area contributed by atoms with Gasteiger partial charge in [-0.3, -0.25) is 9.69 Å². The summed E-state index contributed by atoms with van der Waals surface area (Å²) in [4.78, 5) is 28.2. The molecule has 8 heteroatoms. The Morgan fingerprint density at radius 3 is 2.34 bits per heavy atom. The van der Waals surface area contributed by atoms with Gasteiger partial charge in [-0.25, -0.2) is 9.18 Å². The smallest absolute Gasteiger partial charge is 0.407 e. The Hall–Kier alpha value is -2.35. The summed E-state index contributed by atoms with van der Waals surface area (Å²) in [6.45, 7) is 3.20. The fourth-order valence-corrected chi connectivity index (χ4v) is 4.17. The van der Waals surface area contributed by atoms with Crippen LogP contribution in [0.5, 0.6) is 5.75 Å². The van der Waals surface area contributed by atoms with Crippen molar-refractivity contribution in [3.63, 3.8) is 0 Å². The maximum absolute atomic E-state index is 14.3. The Labute approximate surface area is 171 Å². The molecule has 1 heterocycles. The molecule has 2 fully saturated rings. The molecule has 160 valence electrons. The predicted molar refractivity (Wildman–Crippen MR) is 107 cm³/mol. The lowest BCUT2D eigenvalue weighted by Gasteiger charge is -2.41. The minimum absolute atomic E-state index is 0.187. The molecular weight excluding hydrogens is 377 g/mol. The van der Waals surface area contributed by atoms with E-state index < -0.39 is 11.9 Å². The zero-order valence-corrected chi connectivity index (χ0v) is 17.1. The highest BCUT2D eigenvalue weighted by molar-refractivity contribution is 5.94. The first-order chi connectivity index (χ1) is 13.8. The lowest BCUT2D eigenvalue weighted by Crippen LogP contribution is -2.52. The van der Waals surface area contributed by atoms with Crippen molar-refractivity contribution in [3.8, 4) is 5.75 Å². The monoisotopic (exact) mass is 407 g/mol. The Bertz CT molecular complexity index is 727. The van der Waals surface area contributed by atoms with Gasteiger partial charge in [0.25, 0.3) is 5.91 Å². The average molecular weight is 407 g/mol. The number of rotatable bonds is 5. The zero-order chi connectivity index (χ0) is 21.0. The second kappa shape index (κ2) is 9.43. The van der Waals surface area contributed by atoms with E-state index in [1.165, 1.54) is 21.9 Å². The van der Waals surface area contributed by atoms with E-state index in [9.17, 15) is 14.0 Å². The number of amides is 2. The van der Waals surface area contributed by atoms with Crippen LogP contribution in [0.1, 0.15) is 36.0 Å². The summed E-state index contributed by atoms with van der Waals surface area (Å²) >= 11 is 0. The summed E-state index contributed by atoms with van der Waals surface area (Å²) < 4.78 is 20.0. The van der Waals surface area contributed by atoms with E-state index in [1.807, 2.05) is 0 Å². The number of piperazine rings is 1. The fourth-order valence-electron chi connectivity index (χ4n) is 4.17. The molecule has 0 bridgehead atoms. The maximum Gasteiger partial charge on any atom is 0.407 e. The molecule has 2 amide bonds. The van der Waals surface area contributed by atoms with Gasteiger partial charge in [-0.2, -0.15) is 0 Å². The van der Waals surface area contributed by atoms with Crippen LogP contribution in [-0.4, -0.2) is 84.7 Å². The van der Waals surface area contributed by atoms with Crippen molar-refractivity contribution >= 4 is 12.0 Å². The number of hydrogen-bond acceptors (Lipinski definition) is 4. The predicted octanol–water partition coefficient (Wildman–Crippen LogP) is 2.76. The van der Waals surface area contributed by atoms with Crippen LogP contribution in [0.3, 0.4) is 0 Å². The molecule has 1 aliphatic heterocycles. The molecule has 3 rings (SSSR count). The van der Waals surface area contributed by atoms with Crippen LogP contribution in [0.15, 0.2) is 18.2 Å². The van der Waals surface area contributed by atoms with Gasteiger partial charge < -0.3 is 19.6 Å². The third kappa shape index (κ3) is 5.38. The number of halogens is 1. The summed E-state index contributed by atoms with van der Waals surface area (Å²) in [6, 6.07) is 4.84. The van der Waals surface area contributed by atoms with Crippen molar-refractivity contribution in [2.24, 2.45) is 5.92 Å². The molecule has 1 saturated heterocycles. The van der Waals surface area contributed by atoms with E-state index in [0.29, 0.717) is 37.2 Å². The molecule has 0 atom stereocenters. The number of carboxylic acid groups (broad SMARTS) is 1. The molecule has 0 aromatic heterocycles. The highest BCUT2D eigenvalue weighted by Crippen LogP contribution is 2.29. The van der Waals surface area contributed by atoms with Gasteiger partial charge in [0, 0.05) is 51.9 Å². The van der Waals surface area contributed by atoms with E-state index >= 15 is 0 Å². The van der Waals surface area contributed by atoms with Crippen molar-refractivity contribution < 1.29 is 23.8 Å². The molecule has 0 radical (unpaired) electrons. The number of hydrogen-bond donors (Lipinski definition) is 1. The van der Waals surface area contributed by atoms with Crippen LogP contribution < -0.4 is 4.74 Å². The second-order valence-corrected chi connectivity index (χ2v) is 8.14. The van der Waals surface area contributed by atoms with Gasteiger partial charge in [0.05, 0.1) is 6.61 Å². The summed E-state index contributed by atoms with van der Waals surface area (Å²) in [5.41, 5.74) is 0.309. The Morgan fingerprint density at radius 2 is 1.79 bits per heavy atom. The van der Waals surface area contributed by atoms with Gasteiger partial charge >= 0.3 is 6.09 Å². The third-order valence-electron chi connectivity index (χ3n) is 5.98. The highest BCUT2D eigenvalue weighted by Gasteiger charge is 2.29. The van der Waals surface area contributed by atoms with E-state index in [1.54, 1.807) is 20.2 Å². The van der Waals surface area contributed by atoms with Crippen molar-refractivity contribution in [3.05, 3.63) is 29.6 Å². The van der Waals surface area contributed by atoms with Gasteiger partial charge in [-0.15, -0.1) is 0 Å². The van der Waals surface area contributed by atoms with Gasteiger partial charge in [0.1, 0.15) is 0 Å². The SMILES string of the molecule is CN(C)C(=O)c1ccc(OC[C@H]2CC[C@H](N3CCN(C(=O)O)CC3)CC2)c(F)c1. The fraction of sp³-hybridized carbons (Fsp3) is 0.619. The van der Waals surface area contributed by atoms with Crippen molar-refractivity contribution in [1.29, 1.82) is 0 Å². The van der Waals surface area contributed by atoms with Crippen molar-refractivity contribution in [2.45, 2.75) is 31.7 Å². The zero-order valence-electron chi connectivity index (χ0n) is 17.1. The van der Waals surface area contributed by atoms with Crippen LogP contribution in [0.25, 0.3) is 0 Å². The van der Waals surface area contributed by atoms with Crippen LogP contribution in [0, 0.1) is 11.7 Å². The third-order valence-corrected chi connectivity index (χ3v) is 5.98. The molecule has 1 aromatic rings.